The molecule has 5 heteroatoms. The number of hydrogen-bond donors (Lipinski definition) is 1. The number of para-hydroxylation sites is 1. The molecule has 5 nitrogen and oxygen atoms in total. The first kappa shape index (κ1) is 18.6. The number of hydrogen-bond acceptors (Lipinski definition) is 4. The summed E-state index contributed by atoms with van der Waals surface area (Å²) in [5.41, 5.74) is 1.14. The molecule has 1 unspecified atom stereocenters. The summed E-state index contributed by atoms with van der Waals surface area (Å²) in [4.78, 5) is 12.1. The normalized spacial score (nSPS) is 11.5. The van der Waals surface area contributed by atoms with Gasteiger partial charge in [0.25, 0.3) is 5.91 Å². The minimum absolute atomic E-state index is 0.129. The molecule has 0 spiro atoms. The second-order valence-corrected chi connectivity index (χ2v) is 5.64. The first-order chi connectivity index (χ1) is 12.1. The third kappa shape index (κ3) is 5.71. The molecule has 2 rings (SSSR count). The highest BCUT2D eigenvalue weighted by Crippen LogP contribution is 2.19. The van der Waals surface area contributed by atoms with Crippen molar-refractivity contribution in [3.05, 3.63) is 54.1 Å². The molecule has 0 aliphatic rings. The van der Waals surface area contributed by atoms with Crippen molar-refractivity contribution in [1.29, 1.82) is 0 Å². The molecule has 0 heterocycles. The van der Waals surface area contributed by atoms with E-state index in [1.54, 1.807) is 45.4 Å². The molecule has 0 saturated heterocycles. The van der Waals surface area contributed by atoms with Crippen LogP contribution in [0.25, 0.3) is 0 Å². The van der Waals surface area contributed by atoms with Crippen LogP contribution < -0.4 is 19.5 Å². The number of ether oxygens (including phenoxy) is 3. The molecule has 0 aromatic heterocycles. The maximum absolute atomic E-state index is 12.1. The molecule has 25 heavy (non-hydrogen) atoms. The van der Waals surface area contributed by atoms with Crippen molar-refractivity contribution in [2.45, 2.75) is 25.9 Å². The topological polar surface area (TPSA) is 56.8 Å². The Hall–Kier alpha value is -2.69. The van der Waals surface area contributed by atoms with Gasteiger partial charge in [-0.25, -0.2) is 0 Å². The van der Waals surface area contributed by atoms with Crippen molar-refractivity contribution in [2.75, 3.05) is 20.8 Å². The zero-order chi connectivity index (χ0) is 18.1. The summed E-state index contributed by atoms with van der Waals surface area (Å²) in [6, 6.07) is 15.1. The van der Waals surface area contributed by atoms with Crippen LogP contribution in [-0.2, 0) is 11.2 Å². The van der Waals surface area contributed by atoms with Gasteiger partial charge in [-0.3, -0.25) is 4.79 Å². The summed E-state index contributed by atoms with van der Waals surface area (Å²) in [5.74, 6) is 2.14. The van der Waals surface area contributed by atoms with Crippen molar-refractivity contribution in [1.82, 2.24) is 5.32 Å². The highest BCUT2D eigenvalue weighted by Gasteiger charge is 2.14. The van der Waals surface area contributed by atoms with Crippen LogP contribution in [0.5, 0.6) is 17.2 Å². The second kappa shape index (κ2) is 9.57. The average Bonchev–Trinajstić information content (AvgIpc) is 2.65. The number of rotatable bonds is 9. The molecule has 0 aliphatic carbocycles. The number of carbonyl (C=O) groups is 1. The van der Waals surface area contributed by atoms with Crippen LogP contribution in [-0.4, -0.2) is 32.8 Å². The highest BCUT2D eigenvalue weighted by atomic mass is 16.5. The van der Waals surface area contributed by atoms with Gasteiger partial charge in [-0.15, -0.1) is 0 Å². The Morgan fingerprint density at radius 3 is 2.36 bits per heavy atom. The fourth-order valence-corrected chi connectivity index (χ4v) is 2.46. The van der Waals surface area contributed by atoms with Crippen LogP contribution in [0.2, 0.25) is 0 Å². The lowest BCUT2D eigenvalue weighted by atomic mass is 10.1. The molecule has 1 atom stereocenters. The van der Waals surface area contributed by atoms with E-state index in [1.807, 2.05) is 24.3 Å². The third-order valence-electron chi connectivity index (χ3n) is 3.86. The van der Waals surface area contributed by atoms with Crippen molar-refractivity contribution in [3.8, 4) is 17.2 Å². The summed E-state index contributed by atoms with van der Waals surface area (Å²) in [6.07, 6.45) is 1.12. The maximum atomic E-state index is 12.1. The van der Waals surface area contributed by atoms with Crippen LogP contribution in [0.4, 0.5) is 0 Å². The number of carbonyl (C=O) groups excluding carboxylic acids is 1. The molecule has 0 saturated carbocycles. The first-order valence-corrected chi connectivity index (χ1v) is 8.34. The predicted molar refractivity (Wildman–Crippen MR) is 97.4 cm³/mol. The largest absolute Gasteiger partial charge is 0.497 e. The van der Waals surface area contributed by atoms with Gasteiger partial charge in [0, 0.05) is 6.54 Å². The molecule has 0 radical (unpaired) electrons. The van der Waals surface area contributed by atoms with Crippen LogP contribution in [0.15, 0.2) is 48.5 Å². The van der Waals surface area contributed by atoms with E-state index in [0.717, 1.165) is 29.9 Å². The van der Waals surface area contributed by atoms with Gasteiger partial charge >= 0.3 is 0 Å². The van der Waals surface area contributed by atoms with E-state index in [9.17, 15) is 4.79 Å². The van der Waals surface area contributed by atoms with Crippen molar-refractivity contribution < 1.29 is 19.0 Å². The number of methoxy groups -OCH3 is 2. The molecule has 0 fully saturated rings. The molecule has 1 N–H and O–H groups in total. The van der Waals surface area contributed by atoms with E-state index in [-0.39, 0.29) is 5.91 Å². The van der Waals surface area contributed by atoms with Gasteiger partial charge in [0.1, 0.15) is 17.2 Å². The Bertz CT molecular complexity index is 670. The van der Waals surface area contributed by atoms with Gasteiger partial charge in [0.15, 0.2) is 6.10 Å². The molecule has 2 aromatic carbocycles. The molecule has 0 aliphatic heterocycles. The van der Waals surface area contributed by atoms with Crippen molar-refractivity contribution >= 4 is 5.91 Å². The van der Waals surface area contributed by atoms with Gasteiger partial charge in [0.05, 0.1) is 14.2 Å². The third-order valence-corrected chi connectivity index (χ3v) is 3.86. The number of amides is 1. The minimum atomic E-state index is -0.556. The van der Waals surface area contributed by atoms with Crippen LogP contribution in [0.3, 0.4) is 0 Å². The monoisotopic (exact) mass is 343 g/mol. The number of benzene rings is 2. The van der Waals surface area contributed by atoms with Crippen LogP contribution in [0.1, 0.15) is 18.9 Å². The van der Waals surface area contributed by atoms with Gasteiger partial charge in [-0.1, -0.05) is 18.2 Å². The van der Waals surface area contributed by atoms with Crippen molar-refractivity contribution in [3.63, 3.8) is 0 Å². The fourth-order valence-electron chi connectivity index (χ4n) is 2.46. The quantitative estimate of drug-likeness (QED) is 0.710. The average molecular weight is 343 g/mol. The SMILES string of the molecule is COc1ccc(OC(C)C(=O)NCCCc2ccccc2OC)cc1. The van der Waals surface area contributed by atoms with E-state index < -0.39 is 6.10 Å². The van der Waals surface area contributed by atoms with Crippen LogP contribution in [0, 0.1) is 0 Å². The van der Waals surface area contributed by atoms with Gasteiger partial charge < -0.3 is 19.5 Å². The van der Waals surface area contributed by atoms with Crippen molar-refractivity contribution in [2.24, 2.45) is 0 Å². The van der Waals surface area contributed by atoms with Crippen LogP contribution >= 0.6 is 0 Å². The lowest BCUT2D eigenvalue weighted by Gasteiger charge is -2.15. The smallest absolute Gasteiger partial charge is 0.260 e. The molecular formula is C20H25NO4. The number of nitrogens with one attached hydrogen (secondary N) is 1. The second-order valence-electron chi connectivity index (χ2n) is 5.64. The lowest BCUT2D eigenvalue weighted by molar-refractivity contribution is -0.127. The van der Waals surface area contributed by atoms with E-state index in [2.05, 4.69) is 5.32 Å². The Labute approximate surface area is 148 Å². The lowest BCUT2D eigenvalue weighted by Crippen LogP contribution is -2.36. The first-order valence-electron chi connectivity index (χ1n) is 8.34. The molecular weight excluding hydrogens is 318 g/mol. The van der Waals surface area contributed by atoms with E-state index in [4.69, 9.17) is 14.2 Å². The Morgan fingerprint density at radius 1 is 1.00 bits per heavy atom. The summed E-state index contributed by atoms with van der Waals surface area (Å²) in [7, 11) is 3.27. The highest BCUT2D eigenvalue weighted by molar-refractivity contribution is 5.80. The van der Waals surface area contributed by atoms with E-state index in [1.165, 1.54) is 0 Å². The Morgan fingerprint density at radius 2 is 1.68 bits per heavy atom. The van der Waals surface area contributed by atoms with E-state index >= 15 is 0 Å². The molecule has 134 valence electrons. The van der Waals surface area contributed by atoms with E-state index in [0.29, 0.717) is 12.3 Å². The Kier molecular flexibility index (Phi) is 7.14. The summed E-state index contributed by atoms with van der Waals surface area (Å²) in [5, 5.41) is 2.90. The molecule has 0 bridgehead atoms. The summed E-state index contributed by atoms with van der Waals surface area (Å²) in [6.45, 7) is 2.33. The van der Waals surface area contributed by atoms with Gasteiger partial charge in [-0.2, -0.15) is 0 Å². The van der Waals surface area contributed by atoms with Gasteiger partial charge in [-0.05, 0) is 55.7 Å². The van der Waals surface area contributed by atoms with Gasteiger partial charge in [0.2, 0.25) is 0 Å². The fraction of sp³-hybridized carbons (Fsp3) is 0.350. The number of aryl methyl sites for hydroxylation is 1. The standard InChI is InChI=1S/C20H25NO4/c1-15(25-18-12-10-17(23-2)11-13-18)20(22)21-14-6-8-16-7-4-5-9-19(16)24-3/h4-5,7,9-13,15H,6,8,14H2,1-3H3,(H,21,22). The molecule has 1 amide bonds. The predicted octanol–water partition coefficient (Wildman–Crippen LogP) is 3.22. The zero-order valence-corrected chi connectivity index (χ0v) is 15.0. The molecule has 2 aromatic rings. The minimum Gasteiger partial charge on any atom is -0.497 e. The summed E-state index contributed by atoms with van der Waals surface area (Å²) >= 11 is 0. The maximum Gasteiger partial charge on any atom is 0.260 e. The Balaban J connectivity index is 1.73. The summed E-state index contributed by atoms with van der Waals surface area (Å²) < 4.78 is 16.1. The zero-order valence-electron chi connectivity index (χ0n) is 15.0.